The smallest absolute Gasteiger partial charge is 0.251 e. The number of ether oxygens (including phenoxy) is 2. The molecule has 6 heteroatoms. The molecular formula is C16H24ClN2O3-. The number of halogens is 1. The molecule has 0 saturated carbocycles. The summed E-state index contributed by atoms with van der Waals surface area (Å²) in [5.74, 6) is 0.770. The summed E-state index contributed by atoms with van der Waals surface area (Å²) >= 11 is 0. The lowest BCUT2D eigenvalue weighted by molar-refractivity contribution is -0.0000155. The van der Waals surface area contributed by atoms with Crippen LogP contribution in [0.25, 0.3) is 0 Å². The highest BCUT2D eigenvalue weighted by atomic mass is 35.5. The standard InChI is InChI=1S/C16H24N2O3.ClH/c1-2-11-21-15-5-3-14(4-6-15)16(19)17-7-8-18-9-12-20-13-10-18;/h3-6H,2,7-13H2,1H3,(H,17,19);1H/p-1. The molecule has 1 aliphatic rings. The van der Waals surface area contributed by atoms with Gasteiger partial charge in [0, 0.05) is 31.7 Å². The van der Waals surface area contributed by atoms with Crippen molar-refractivity contribution >= 4 is 5.91 Å². The first-order valence-corrected chi connectivity index (χ1v) is 7.60. The lowest BCUT2D eigenvalue weighted by Crippen LogP contribution is -3.00. The van der Waals surface area contributed by atoms with Crippen LogP contribution in [-0.4, -0.2) is 56.8 Å². The Morgan fingerprint density at radius 1 is 1.27 bits per heavy atom. The average Bonchev–Trinajstić information content (AvgIpc) is 2.54. The maximum absolute atomic E-state index is 12.0. The van der Waals surface area contributed by atoms with E-state index in [-0.39, 0.29) is 18.3 Å². The Kier molecular flexibility index (Phi) is 8.89. The molecule has 0 aromatic heterocycles. The first kappa shape index (κ1) is 18.7. The largest absolute Gasteiger partial charge is 1.00 e. The van der Waals surface area contributed by atoms with Crippen LogP contribution in [0.15, 0.2) is 24.3 Å². The molecular weight excluding hydrogens is 304 g/mol. The normalized spacial score (nSPS) is 15.0. The van der Waals surface area contributed by atoms with Crippen LogP contribution in [0.1, 0.15) is 23.7 Å². The summed E-state index contributed by atoms with van der Waals surface area (Å²) in [4.78, 5) is 14.3. The van der Waals surface area contributed by atoms with Gasteiger partial charge in [-0.3, -0.25) is 9.69 Å². The lowest BCUT2D eigenvalue weighted by Gasteiger charge is -2.26. The monoisotopic (exact) mass is 327 g/mol. The van der Waals surface area contributed by atoms with Gasteiger partial charge in [-0.25, -0.2) is 0 Å². The van der Waals surface area contributed by atoms with Gasteiger partial charge in [-0.1, -0.05) is 6.92 Å². The summed E-state index contributed by atoms with van der Waals surface area (Å²) in [6.07, 6.45) is 0.976. The predicted molar refractivity (Wildman–Crippen MR) is 81.8 cm³/mol. The first-order valence-electron chi connectivity index (χ1n) is 7.60. The molecule has 0 radical (unpaired) electrons. The minimum atomic E-state index is -0.0368. The van der Waals surface area contributed by atoms with Gasteiger partial charge in [0.1, 0.15) is 5.75 Å². The molecule has 1 aliphatic heterocycles. The highest BCUT2D eigenvalue weighted by molar-refractivity contribution is 5.94. The van der Waals surface area contributed by atoms with Gasteiger partial charge in [-0.05, 0) is 30.7 Å². The quantitative estimate of drug-likeness (QED) is 0.665. The highest BCUT2D eigenvalue weighted by Gasteiger charge is 2.10. The number of carbonyl (C=O) groups is 1. The minimum absolute atomic E-state index is 0. The summed E-state index contributed by atoms with van der Waals surface area (Å²) in [6.45, 7) is 7.75. The van der Waals surface area contributed by atoms with Gasteiger partial charge in [-0.15, -0.1) is 0 Å². The number of nitrogens with zero attached hydrogens (tertiary/aromatic N) is 1. The Balaban J connectivity index is 0.00000242. The van der Waals surface area contributed by atoms with E-state index in [1.54, 1.807) is 12.1 Å². The molecule has 2 rings (SSSR count). The molecule has 1 heterocycles. The second-order valence-electron chi connectivity index (χ2n) is 5.08. The maximum atomic E-state index is 12.0. The zero-order valence-corrected chi connectivity index (χ0v) is 13.8. The number of nitrogens with one attached hydrogen (secondary N) is 1. The predicted octanol–water partition coefficient (Wildman–Crippen LogP) is -1.46. The van der Waals surface area contributed by atoms with E-state index in [0.29, 0.717) is 18.7 Å². The third-order valence-corrected chi connectivity index (χ3v) is 3.41. The third kappa shape index (κ3) is 6.22. The highest BCUT2D eigenvalue weighted by Crippen LogP contribution is 2.12. The van der Waals surface area contributed by atoms with E-state index in [1.165, 1.54) is 0 Å². The topological polar surface area (TPSA) is 50.8 Å². The van der Waals surface area contributed by atoms with Gasteiger partial charge >= 0.3 is 0 Å². The molecule has 0 bridgehead atoms. The molecule has 22 heavy (non-hydrogen) atoms. The van der Waals surface area contributed by atoms with Crippen LogP contribution >= 0.6 is 0 Å². The van der Waals surface area contributed by atoms with E-state index < -0.39 is 0 Å². The number of amides is 1. The summed E-state index contributed by atoms with van der Waals surface area (Å²) in [7, 11) is 0. The number of carbonyl (C=O) groups excluding carboxylic acids is 1. The van der Waals surface area contributed by atoms with Crippen molar-refractivity contribution < 1.29 is 26.7 Å². The Morgan fingerprint density at radius 2 is 1.95 bits per heavy atom. The van der Waals surface area contributed by atoms with Crippen molar-refractivity contribution in [2.75, 3.05) is 46.0 Å². The number of benzene rings is 1. The van der Waals surface area contributed by atoms with E-state index in [0.717, 1.165) is 45.0 Å². The number of hydrogen-bond donors (Lipinski definition) is 1. The van der Waals surface area contributed by atoms with Gasteiger partial charge < -0.3 is 27.2 Å². The van der Waals surface area contributed by atoms with Crippen LogP contribution in [0.5, 0.6) is 5.75 Å². The van der Waals surface area contributed by atoms with Crippen LogP contribution in [0.2, 0.25) is 0 Å². The fraction of sp³-hybridized carbons (Fsp3) is 0.562. The Hall–Kier alpha value is -1.30. The van der Waals surface area contributed by atoms with Crippen molar-refractivity contribution in [3.8, 4) is 5.75 Å². The van der Waals surface area contributed by atoms with Crippen LogP contribution in [0.4, 0.5) is 0 Å². The fourth-order valence-corrected chi connectivity index (χ4v) is 2.18. The first-order chi connectivity index (χ1) is 10.3. The SMILES string of the molecule is CCCOc1ccc(C(=O)NCCN2CCOCC2)cc1.[Cl-]. The summed E-state index contributed by atoms with van der Waals surface area (Å²) < 4.78 is 10.8. The van der Waals surface area contributed by atoms with Crippen molar-refractivity contribution in [3.05, 3.63) is 29.8 Å². The van der Waals surface area contributed by atoms with Crippen molar-refractivity contribution in [1.82, 2.24) is 10.2 Å². The van der Waals surface area contributed by atoms with E-state index >= 15 is 0 Å². The molecule has 1 aromatic carbocycles. The van der Waals surface area contributed by atoms with Gasteiger partial charge in [0.2, 0.25) is 0 Å². The van der Waals surface area contributed by atoms with Crippen molar-refractivity contribution in [1.29, 1.82) is 0 Å². The van der Waals surface area contributed by atoms with Gasteiger partial charge in [-0.2, -0.15) is 0 Å². The van der Waals surface area contributed by atoms with Crippen LogP contribution < -0.4 is 22.5 Å². The van der Waals surface area contributed by atoms with E-state index in [1.807, 2.05) is 12.1 Å². The van der Waals surface area contributed by atoms with E-state index in [4.69, 9.17) is 9.47 Å². The second kappa shape index (κ2) is 10.4. The van der Waals surface area contributed by atoms with Gasteiger partial charge in [0.25, 0.3) is 5.91 Å². The van der Waals surface area contributed by atoms with E-state index in [2.05, 4.69) is 17.1 Å². The number of hydrogen-bond acceptors (Lipinski definition) is 4. The second-order valence-corrected chi connectivity index (χ2v) is 5.08. The molecule has 1 fully saturated rings. The van der Waals surface area contributed by atoms with Crippen molar-refractivity contribution in [2.24, 2.45) is 0 Å². The summed E-state index contributed by atoms with van der Waals surface area (Å²) in [5.41, 5.74) is 0.667. The zero-order chi connectivity index (χ0) is 14.9. The Labute approximate surface area is 138 Å². The molecule has 0 atom stereocenters. The van der Waals surface area contributed by atoms with Crippen molar-refractivity contribution in [3.63, 3.8) is 0 Å². The lowest BCUT2D eigenvalue weighted by atomic mass is 10.2. The number of morpholine rings is 1. The Morgan fingerprint density at radius 3 is 2.59 bits per heavy atom. The molecule has 1 aromatic rings. The molecule has 124 valence electrons. The molecule has 1 saturated heterocycles. The van der Waals surface area contributed by atoms with Crippen LogP contribution in [-0.2, 0) is 4.74 Å². The maximum Gasteiger partial charge on any atom is 0.251 e. The zero-order valence-electron chi connectivity index (χ0n) is 13.0. The average molecular weight is 328 g/mol. The molecule has 1 amide bonds. The molecule has 0 unspecified atom stereocenters. The number of rotatable bonds is 7. The molecule has 0 aliphatic carbocycles. The molecule has 5 nitrogen and oxygen atoms in total. The van der Waals surface area contributed by atoms with Crippen LogP contribution in [0.3, 0.4) is 0 Å². The van der Waals surface area contributed by atoms with Crippen molar-refractivity contribution in [2.45, 2.75) is 13.3 Å². The molecule has 0 spiro atoms. The third-order valence-electron chi connectivity index (χ3n) is 3.41. The van der Waals surface area contributed by atoms with Crippen LogP contribution in [0, 0.1) is 0 Å². The van der Waals surface area contributed by atoms with Gasteiger partial charge in [0.05, 0.1) is 19.8 Å². The van der Waals surface area contributed by atoms with E-state index in [9.17, 15) is 4.79 Å². The molecule has 1 N–H and O–H groups in total. The van der Waals surface area contributed by atoms with Gasteiger partial charge in [0.15, 0.2) is 0 Å². The fourth-order valence-electron chi connectivity index (χ4n) is 2.18. The summed E-state index contributed by atoms with van der Waals surface area (Å²) in [5, 5.41) is 2.95. The minimum Gasteiger partial charge on any atom is -1.00 e. The summed E-state index contributed by atoms with van der Waals surface area (Å²) in [6, 6.07) is 7.28. The Bertz CT molecular complexity index is 434.